The lowest BCUT2D eigenvalue weighted by molar-refractivity contribution is 0.429. The zero-order valence-electron chi connectivity index (χ0n) is 15.6. The second-order valence-corrected chi connectivity index (χ2v) is 7.76. The first-order valence-electron chi connectivity index (χ1n) is 10.1. The summed E-state index contributed by atoms with van der Waals surface area (Å²) >= 11 is 0. The highest BCUT2D eigenvalue weighted by Gasteiger charge is 2.24. The lowest BCUT2D eigenvalue weighted by atomic mass is 9.89. The molecule has 4 aromatic heterocycles. The Morgan fingerprint density at radius 1 is 0.929 bits per heavy atom. The lowest BCUT2D eigenvalue weighted by Crippen LogP contribution is -2.09. The van der Waals surface area contributed by atoms with Gasteiger partial charge in [0.05, 0.1) is 28.4 Å². The molecule has 1 aromatic carbocycles. The van der Waals surface area contributed by atoms with E-state index in [0.717, 1.165) is 38.8 Å². The summed E-state index contributed by atoms with van der Waals surface area (Å²) in [6.07, 6.45) is 12.2. The van der Waals surface area contributed by atoms with Crippen molar-refractivity contribution in [2.75, 3.05) is 0 Å². The van der Waals surface area contributed by atoms with Crippen molar-refractivity contribution in [3.63, 3.8) is 0 Å². The van der Waals surface area contributed by atoms with Crippen LogP contribution in [-0.4, -0.2) is 24.3 Å². The number of imidazole rings is 1. The first-order chi connectivity index (χ1) is 13.9. The molecule has 6 rings (SSSR count). The highest BCUT2D eigenvalue weighted by molar-refractivity contribution is 5.88. The number of H-pyrrole nitrogens is 1. The van der Waals surface area contributed by atoms with Gasteiger partial charge in [-0.25, -0.2) is 9.97 Å². The summed E-state index contributed by atoms with van der Waals surface area (Å²) in [5.74, 6) is 1.67. The van der Waals surface area contributed by atoms with Crippen molar-refractivity contribution in [3.05, 3.63) is 60.8 Å². The van der Waals surface area contributed by atoms with E-state index in [1.165, 1.54) is 37.9 Å². The van der Waals surface area contributed by atoms with E-state index in [9.17, 15) is 0 Å². The van der Waals surface area contributed by atoms with Crippen LogP contribution in [-0.2, 0) is 0 Å². The van der Waals surface area contributed by atoms with E-state index in [-0.39, 0.29) is 0 Å². The molecule has 5 aromatic rings. The van der Waals surface area contributed by atoms with E-state index in [4.69, 9.17) is 4.98 Å². The van der Waals surface area contributed by atoms with Gasteiger partial charge in [0.2, 0.25) is 0 Å². The number of nitrogens with zero attached hydrogens (tertiary/aromatic N) is 4. The molecule has 0 saturated heterocycles. The van der Waals surface area contributed by atoms with Crippen LogP contribution in [0, 0.1) is 0 Å². The maximum absolute atomic E-state index is 5.19. The standard InChI is InChI=1S/C23H21N5/c1-2-6-15(7-3-1)23-27-21(17-12-16-8-4-5-9-18(16)25-13-17)20-14-26-22-19(28(20)23)10-11-24-22/h4-5,8-15,24H,1-3,6-7H2. The van der Waals surface area contributed by atoms with E-state index in [1.54, 1.807) is 0 Å². The summed E-state index contributed by atoms with van der Waals surface area (Å²) in [5.41, 5.74) is 6.11. The third-order valence-electron chi connectivity index (χ3n) is 6.03. The average Bonchev–Trinajstić information content (AvgIpc) is 3.38. The van der Waals surface area contributed by atoms with Crippen molar-refractivity contribution in [2.24, 2.45) is 0 Å². The molecule has 4 heterocycles. The van der Waals surface area contributed by atoms with Crippen molar-refractivity contribution in [1.82, 2.24) is 24.3 Å². The molecule has 1 aliphatic rings. The van der Waals surface area contributed by atoms with Gasteiger partial charge in [-0.05, 0) is 31.0 Å². The molecular weight excluding hydrogens is 346 g/mol. The maximum Gasteiger partial charge on any atom is 0.154 e. The first kappa shape index (κ1) is 15.8. The fourth-order valence-corrected chi connectivity index (χ4v) is 4.63. The van der Waals surface area contributed by atoms with Gasteiger partial charge in [0.15, 0.2) is 5.65 Å². The van der Waals surface area contributed by atoms with Crippen LogP contribution < -0.4 is 0 Å². The fraction of sp³-hybridized carbons (Fsp3) is 0.261. The zero-order valence-corrected chi connectivity index (χ0v) is 15.6. The number of rotatable bonds is 2. The van der Waals surface area contributed by atoms with Crippen molar-refractivity contribution < 1.29 is 0 Å². The molecule has 1 fully saturated rings. The molecule has 0 radical (unpaired) electrons. The fourth-order valence-electron chi connectivity index (χ4n) is 4.63. The van der Waals surface area contributed by atoms with Gasteiger partial charge >= 0.3 is 0 Å². The van der Waals surface area contributed by atoms with E-state index >= 15 is 0 Å². The number of aromatic amines is 1. The number of benzene rings is 1. The maximum atomic E-state index is 5.19. The van der Waals surface area contributed by atoms with Crippen molar-refractivity contribution in [2.45, 2.75) is 38.0 Å². The SMILES string of the molecule is c1ccc2ncc(-c3nc(C4CCCCC4)n4c3cnc3[nH]ccc34)cc2c1. The highest BCUT2D eigenvalue weighted by Crippen LogP contribution is 2.37. The van der Waals surface area contributed by atoms with Gasteiger partial charge in [-0.1, -0.05) is 37.5 Å². The number of pyridine rings is 1. The van der Waals surface area contributed by atoms with E-state index < -0.39 is 0 Å². The van der Waals surface area contributed by atoms with Gasteiger partial charge in [-0.2, -0.15) is 0 Å². The van der Waals surface area contributed by atoms with Gasteiger partial charge in [0, 0.05) is 29.3 Å². The summed E-state index contributed by atoms with van der Waals surface area (Å²) in [6.45, 7) is 0. The molecule has 0 bridgehead atoms. The average molecular weight is 367 g/mol. The summed E-state index contributed by atoms with van der Waals surface area (Å²) in [6, 6.07) is 12.5. The van der Waals surface area contributed by atoms with Gasteiger partial charge in [-0.3, -0.25) is 9.38 Å². The number of nitrogens with one attached hydrogen (secondary N) is 1. The van der Waals surface area contributed by atoms with Gasteiger partial charge in [0.1, 0.15) is 5.82 Å². The molecule has 1 aliphatic carbocycles. The highest BCUT2D eigenvalue weighted by atomic mass is 15.1. The topological polar surface area (TPSA) is 58.9 Å². The Balaban J connectivity index is 1.63. The molecular formula is C23H21N5. The second-order valence-electron chi connectivity index (χ2n) is 7.76. The van der Waals surface area contributed by atoms with Crippen LogP contribution >= 0.6 is 0 Å². The number of para-hydroxylation sites is 1. The van der Waals surface area contributed by atoms with Gasteiger partial charge < -0.3 is 4.98 Å². The molecule has 5 heteroatoms. The Hall–Kier alpha value is -3.21. The van der Waals surface area contributed by atoms with E-state index in [0.29, 0.717) is 5.92 Å². The number of hydrogen-bond donors (Lipinski definition) is 1. The number of hydrogen-bond acceptors (Lipinski definition) is 3. The molecule has 0 atom stereocenters. The molecule has 138 valence electrons. The Bertz CT molecular complexity index is 1310. The van der Waals surface area contributed by atoms with Crippen molar-refractivity contribution in [1.29, 1.82) is 0 Å². The molecule has 0 unspecified atom stereocenters. The van der Waals surface area contributed by atoms with Gasteiger partial charge in [-0.15, -0.1) is 0 Å². The Morgan fingerprint density at radius 2 is 1.82 bits per heavy atom. The largest absolute Gasteiger partial charge is 0.345 e. The molecule has 1 N–H and O–H groups in total. The number of aromatic nitrogens is 5. The predicted molar refractivity (Wildman–Crippen MR) is 111 cm³/mol. The third-order valence-corrected chi connectivity index (χ3v) is 6.03. The lowest BCUT2D eigenvalue weighted by Gasteiger charge is -2.20. The molecule has 0 spiro atoms. The van der Waals surface area contributed by atoms with E-state index in [2.05, 4.69) is 43.6 Å². The molecule has 5 nitrogen and oxygen atoms in total. The Morgan fingerprint density at radius 3 is 2.75 bits per heavy atom. The summed E-state index contributed by atoms with van der Waals surface area (Å²) in [4.78, 5) is 17.7. The molecule has 1 saturated carbocycles. The Kier molecular flexibility index (Phi) is 3.48. The van der Waals surface area contributed by atoms with Crippen LogP contribution in [0.3, 0.4) is 0 Å². The van der Waals surface area contributed by atoms with Crippen molar-refractivity contribution in [3.8, 4) is 11.3 Å². The molecule has 0 amide bonds. The van der Waals surface area contributed by atoms with Crippen LogP contribution in [0.25, 0.3) is 38.8 Å². The van der Waals surface area contributed by atoms with Crippen LogP contribution in [0.1, 0.15) is 43.8 Å². The second kappa shape index (κ2) is 6.16. The third kappa shape index (κ3) is 2.35. The summed E-state index contributed by atoms with van der Waals surface area (Å²) in [5, 5.41) is 1.14. The smallest absolute Gasteiger partial charge is 0.154 e. The van der Waals surface area contributed by atoms with Gasteiger partial charge in [0.25, 0.3) is 0 Å². The normalized spacial score (nSPS) is 15.7. The first-order valence-corrected chi connectivity index (χ1v) is 10.1. The Labute approximate surface area is 162 Å². The van der Waals surface area contributed by atoms with Crippen LogP contribution in [0.2, 0.25) is 0 Å². The molecule has 28 heavy (non-hydrogen) atoms. The van der Waals surface area contributed by atoms with E-state index in [1.807, 2.05) is 30.7 Å². The minimum atomic E-state index is 0.504. The monoisotopic (exact) mass is 367 g/mol. The molecule has 0 aliphatic heterocycles. The summed E-state index contributed by atoms with van der Waals surface area (Å²) < 4.78 is 2.32. The summed E-state index contributed by atoms with van der Waals surface area (Å²) in [7, 11) is 0. The van der Waals surface area contributed by atoms with Crippen molar-refractivity contribution >= 4 is 27.6 Å². The predicted octanol–water partition coefficient (Wildman–Crippen LogP) is 5.47. The minimum Gasteiger partial charge on any atom is -0.345 e. The van der Waals surface area contributed by atoms with Crippen LogP contribution in [0.15, 0.2) is 55.0 Å². The number of fused-ring (bicyclic) bond motifs is 4. The quantitative estimate of drug-likeness (QED) is 0.450. The van der Waals surface area contributed by atoms with Crippen LogP contribution in [0.4, 0.5) is 0 Å². The van der Waals surface area contributed by atoms with Crippen LogP contribution in [0.5, 0.6) is 0 Å². The minimum absolute atomic E-state index is 0.504. The zero-order chi connectivity index (χ0) is 18.5.